The van der Waals surface area contributed by atoms with Crippen molar-refractivity contribution in [2.24, 2.45) is 0 Å². The maximum absolute atomic E-state index is 13.8. The fourth-order valence-electron chi connectivity index (χ4n) is 5.04. The van der Waals surface area contributed by atoms with E-state index in [9.17, 15) is 9.59 Å². The molecule has 1 saturated carbocycles. The van der Waals surface area contributed by atoms with Gasteiger partial charge in [0.25, 0.3) is 0 Å². The van der Waals surface area contributed by atoms with Gasteiger partial charge in [-0.15, -0.1) is 0 Å². The fraction of sp³-hybridized carbons (Fsp3) is 0.294. The van der Waals surface area contributed by atoms with Crippen LogP contribution in [0.4, 0.5) is 0 Å². The van der Waals surface area contributed by atoms with Crippen molar-refractivity contribution in [2.75, 3.05) is 6.54 Å². The van der Waals surface area contributed by atoms with Crippen molar-refractivity contribution in [2.45, 2.75) is 58.3 Å². The van der Waals surface area contributed by atoms with E-state index in [0.717, 1.165) is 36.2 Å². The Morgan fingerprint density at radius 1 is 0.769 bits per heavy atom. The Hall–Kier alpha value is -4.12. The number of aryl methyl sites for hydroxylation is 2. The quantitative estimate of drug-likeness (QED) is 0.231. The third kappa shape index (κ3) is 7.26. The van der Waals surface area contributed by atoms with Crippen LogP contribution in [0.2, 0.25) is 0 Å². The van der Waals surface area contributed by atoms with Crippen LogP contribution in [0.1, 0.15) is 47.2 Å². The number of rotatable bonds is 12. The summed E-state index contributed by atoms with van der Waals surface area (Å²) < 4.78 is 2.22. The van der Waals surface area contributed by atoms with Crippen LogP contribution in [-0.2, 0) is 35.6 Å². The summed E-state index contributed by atoms with van der Waals surface area (Å²) in [7, 11) is 0. The lowest BCUT2D eigenvalue weighted by Crippen LogP contribution is -2.43. The molecule has 5 rings (SSSR count). The molecule has 5 nitrogen and oxygen atoms in total. The normalized spacial score (nSPS) is 12.7. The summed E-state index contributed by atoms with van der Waals surface area (Å²) in [5.41, 5.74) is 5.82. The van der Waals surface area contributed by atoms with Crippen molar-refractivity contribution in [3.8, 4) is 0 Å². The minimum atomic E-state index is -0.0116. The lowest BCUT2D eigenvalue weighted by Gasteiger charge is -2.28. The van der Waals surface area contributed by atoms with Gasteiger partial charge in [-0.05, 0) is 60.6 Å². The molecular weight excluding hydrogens is 482 g/mol. The minimum absolute atomic E-state index is 0.0116. The summed E-state index contributed by atoms with van der Waals surface area (Å²) in [6.07, 6.45) is 5.14. The van der Waals surface area contributed by atoms with E-state index in [0.29, 0.717) is 25.9 Å². The molecule has 1 heterocycles. The summed E-state index contributed by atoms with van der Waals surface area (Å²) in [4.78, 5) is 30.8. The molecule has 0 N–H and O–H groups in total. The lowest BCUT2D eigenvalue weighted by molar-refractivity contribution is -0.141. The van der Waals surface area contributed by atoms with Crippen LogP contribution in [0.15, 0.2) is 103 Å². The van der Waals surface area contributed by atoms with Gasteiger partial charge in [0.05, 0.1) is 6.54 Å². The Kier molecular flexibility index (Phi) is 8.57. The first-order valence-corrected chi connectivity index (χ1v) is 13.9. The van der Waals surface area contributed by atoms with Gasteiger partial charge in [-0.25, -0.2) is 0 Å². The van der Waals surface area contributed by atoms with E-state index in [1.807, 2.05) is 64.4 Å². The monoisotopic (exact) mass is 519 g/mol. The number of hydrogen-bond acceptors (Lipinski definition) is 2. The predicted molar refractivity (Wildman–Crippen MR) is 155 cm³/mol. The van der Waals surface area contributed by atoms with E-state index >= 15 is 0 Å². The second-order valence-corrected chi connectivity index (χ2v) is 10.5. The highest BCUT2D eigenvalue weighted by Gasteiger charge is 2.34. The SMILES string of the molecule is Cc1ccccc1Cn1cccc1CN(Cc1ccccc1)C(=O)CN(C(=O)CCc1ccccc1)C1CC1. The van der Waals surface area contributed by atoms with E-state index in [-0.39, 0.29) is 24.4 Å². The van der Waals surface area contributed by atoms with Gasteiger partial charge in [0.2, 0.25) is 11.8 Å². The average molecular weight is 520 g/mol. The Balaban J connectivity index is 1.31. The molecule has 1 aliphatic rings. The van der Waals surface area contributed by atoms with Gasteiger partial charge in [0, 0.05) is 37.4 Å². The number of hydrogen-bond donors (Lipinski definition) is 0. The second kappa shape index (κ2) is 12.6. The van der Waals surface area contributed by atoms with Crippen molar-refractivity contribution < 1.29 is 9.59 Å². The standard InChI is InChI=1S/C34H37N3O2/c1-27-11-8-9-16-30(27)24-35-22-10-17-32(35)25-36(23-29-14-6-3-7-15-29)34(39)26-37(31-19-20-31)33(38)21-18-28-12-4-2-5-13-28/h2-17,22,31H,18-21,23-26H2,1H3. The Labute approximate surface area is 231 Å². The van der Waals surface area contributed by atoms with Crippen molar-refractivity contribution in [1.29, 1.82) is 0 Å². The van der Waals surface area contributed by atoms with Gasteiger partial charge >= 0.3 is 0 Å². The number of carbonyl (C=O) groups excluding carboxylic acids is 2. The van der Waals surface area contributed by atoms with Gasteiger partial charge in [-0.1, -0.05) is 84.9 Å². The third-order valence-electron chi connectivity index (χ3n) is 7.53. The number of amides is 2. The van der Waals surface area contributed by atoms with Crippen LogP contribution in [-0.4, -0.2) is 38.8 Å². The van der Waals surface area contributed by atoms with E-state index in [1.54, 1.807) is 0 Å². The van der Waals surface area contributed by atoms with Gasteiger partial charge in [-0.3, -0.25) is 9.59 Å². The number of nitrogens with zero attached hydrogens (tertiary/aromatic N) is 3. The molecule has 0 atom stereocenters. The molecule has 1 aliphatic carbocycles. The minimum Gasteiger partial charge on any atom is -0.345 e. The van der Waals surface area contributed by atoms with Crippen LogP contribution in [0, 0.1) is 6.92 Å². The van der Waals surface area contributed by atoms with Gasteiger partial charge < -0.3 is 14.4 Å². The van der Waals surface area contributed by atoms with Gasteiger partial charge in [0.1, 0.15) is 6.54 Å². The van der Waals surface area contributed by atoms with Crippen LogP contribution in [0.25, 0.3) is 0 Å². The molecular formula is C34H37N3O2. The van der Waals surface area contributed by atoms with Crippen molar-refractivity contribution in [3.63, 3.8) is 0 Å². The molecule has 3 aromatic carbocycles. The zero-order chi connectivity index (χ0) is 27.0. The molecule has 0 aliphatic heterocycles. The summed E-state index contributed by atoms with van der Waals surface area (Å²) in [5.74, 6) is 0.0553. The summed E-state index contributed by atoms with van der Waals surface area (Å²) in [6.45, 7) is 4.01. The van der Waals surface area contributed by atoms with Crippen molar-refractivity contribution in [3.05, 3.63) is 131 Å². The predicted octanol–water partition coefficient (Wildman–Crippen LogP) is 6.00. The topological polar surface area (TPSA) is 45.6 Å². The fourth-order valence-corrected chi connectivity index (χ4v) is 5.04. The molecule has 0 saturated heterocycles. The Bertz CT molecular complexity index is 1380. The number of carbonyl (C=O) groups is 2. The first kappa shape index (κ1) is 26.5. The maximum Gasteiger partial charge on any atom is 0.242 e. The molecule has 0 spiro atoms. The highest BCUT2D eigenvalue weighted by atomic mass is 16.2. The molecule has 5 heteroatoms. The van der Waals surface area contributed by atoms with Crippen LogP contribution >= 0.6 is 0 Å². The molecule has 0 unspecified atom stereocenters. The zero-order valence-corrected chi connectivity index (χ0v) is 22.7. The van der Waals surface area contributed by atoms with E-state index < -0.39 is 0 Å². The molecule has 0 radical (unpaired) electrons. The molecule has 39 heavy (non-hydrogen) atoms. The highest BCUT2D eigenvalue weighted by molar-refractivity contribution is 5.85. The largest absolute Gasteiger partial charge is 0.345 e. The van der Waals surface area contributed by atoms with Crippen LogP contribution in [0.5, 0.6) is 0 Å². The number of aromatic nitrogens is 1. The Morgan fingerprint density at radius 3 is 2.13 bits per heavy atom. The smallest absolute Gasteiger partial charge is 0.242 e. The number of benzene rings is 3. The zero-order valence-electron chi connectivity index (χ0n) is 22.7. The molecule has 2 amide bonds. The average Bonchev–Trinajstić information content (AvgIpc) is 3.72. The van der Waals surface area contributed by atoms with Crippen molar-refractivity contribution >= 4 is 11.8 Å². The summed E-state index contributed by atoms with van der Waals surface area (Å²) in [6, 6.07) is 32.9. The van der Waals surface area contributed by atoms with E-state index in [2.05, 4.69) is 60.2 Å². The highest BCUT2D eigenvalue weighted by Crippen LogP contribution is 2.28. The van der Waals surface area contributed by atoms with E-state index in [4.69, 9.17) is 0 Å². The third-order valence-corrected chi connectivity index (χ3v) is 7.53. The van der Waals surface area contributed by atoms with Crippen molar-refractivity contribution in [1.82, 2.24) is 14.4 Å². The first-order valence-electron chi connectivity index (χ1n) is 13.9. The summed E-state index contributed by atoms with van der Waals surface area (Å²) in [5, 5.41) is 0. The molecule has 0 bridgehead atoms. The lowest BCUT2D eigenvalue weighted by atomic mass is 10.1. The second-order valence-electron chi connectivity index (χ2n) is 10.5. The molecule has 200 valence electrons. The van der Waals surface area contributed by atoms with E-state index in [1.165, 1.54) is 11.1 Å². The van der Waals surface area contributed by atoms with Crippen LogP contribution < -0.4 is 0 Å². The molecule has 4 aromatic rings. The maximum atomic E-state index is 13.8. The summed E-state index contributed by atoms with van der Waals surface area (Å²) >= 11 is 0. The molecule has 1 aromatic heterocycles. The van der Waals surface area contributed by atoms with Gasteiger partial charge in [0.15, 0.2) is 0 Å². The first-order chi connectivity index (χ1) is 19.1. The van der Waals surface area contributed by atoms with Gasteiger partial charge in [-0.2, -0.15) is 0 Å². The Morgan fingerprint density at radius 2 is 1.44 bits per heavy atom. The van der Waals surface area contributed by atoms with Crippen LogP contribution in [0.3, 0.4) is 0 Å². The molecule has 1 fully saturated rings.